The first kappa shape index (κ1) is 21.5. The van der Waals surface area contributed by atoms with Crippen LogP contribution in [0.5, 0.6) is 5.75 Å². The molecule has 0 saturated carbocycles. The number of halogens is 2. The smallest absolute Gasteiger partial charge is 0.268 e. The van der Waals surface area contributed by atoms with Crippen molar-refractivity contribution in [2.24, 2.45) is 0 Å². The van der Waals surface area contributed by atoms with E-state index in [2.05, 4.69) is 0 Å². The fraction of sp³-hybridized carbons (Fsp3) is 0.200. The van der Waals surface area contributed by atoms with Crippen LogP contribution in [0.1, 0.15) is 21.5 Å². The van der Waals surface area contributed by atoms with Crippen LogP contribution in [0.15, 0.2) is 66.7 Å². The second kappa shape index (κ2) is 8.19. The Hall–Kier alpha value is -3.39. The normalized spacial score (nSPS) is 19.3. The average Bonchev–Trinajstić information content (AvgIpc) is 3.37. The summed E-state index contributed by atoms with van der Waals surface area (Å²) >= 11 is 1.37. The Morgan fingerprint density at radius 2 is 1.85 bits per heavy atom. The second-order valence-corrected chi connectivity index (χ2v) is 9.11. The molecule has 2 amide bonds. The Kier molecular flexibility index (Phi) is 5.32. The standard InChI is InChI=1S/C25H20F2N2O3S/c1-32-19-10-11-22-20(14-19)25(24(31)28(22)15-17-4-2-3-5-21(17)27)29(12-13-33-25)23(30)16-6-8-18(26)9-7-16/h2-11,14H,12-13,15H2,1H3/t25-/m0/s1. The van der Waals surface area contributed by atoms with Gasteiger partial charge in [-0.2, -0.15) is 0 Å². The molecule has 0 bridgehead atoms. The minimum Gasteiger partial charge on any atom is -0.497 e. The van der Waals surface area contributed by atoms with E-state index in [1.165, 1.54) is 59.0 Å². The van der Waals surface area contributed by atoms with Gasteiger partial charge in [0.2, 0.25) is 0 Å². The molecule has 5 rings (SSSR count). The van der Waals surface area contributed by atoms with Crippen molar-refractivity contribution < 1.29 is 23.1 Å². The number of carbonyl (C=O) groups excluding carboxylic acids is 2. The summed E-state index contributed by atoms with van der Waals surface area (Å²) in [7, 11) is 1.53. The molecule has 3 aromatic rings. The lowest BCUT2D eigenvalue weighted by Gasteiger charge is -2.33. The zero-order valence-electron chi connectivity index (χ0n) is 17.8. The maximum absolute atomic E-state index is 14.4. The average molecular weight is 467 g/mol. The van der Waals surface area contributed by atoms with Crippen LogP contribution < -0.4 is 9.64 Å². The van der Waals surface area contributed by atoms with E-state index < -0.39 is 16.5 Å². The highest BCUT2D eigenvalue weighted by Gasteiger charge is 2.59. The van der Waals surface area contributed by atoms with Gasteiger partial charge in [-0.05, 0) is 48.5 Å². The number of thioether (sulfide) groups is 1. The summed E-state index contributed by atoms with van der Waals surface area (Å²) in [6.45, 7) is 0.378. The molecule has 0 aromatic heterocycles. The van der Waals surface area contributed by atoms with E-state index >= 15 is 0 Å². The summed E-state index contributed by atoms with van der Waals surface area (Å²) < 4.78 is 33.3. The maximum Gasteiger partial charge on any atom is 0.268 e. The highest BCUT2D eigenvalue weighted by molar-refractivity contribution is 8.01. The van der Waals surface area contributed by atoms with Gasteiger partial charge in [0.15, 0.2) is 4.87 Å². The number of carbonyl (C=O) groups is 2. The van der Waals surface area contributed by atoms with Gasteiger partial charge in [0.1, 0.15) is 17.4 Å². The molecule has 33 heavy (non-hydrogen) atoms. The van der Waals surface area contributed by atoms with Crippen molar-refractivity contribution in [3.05, 3.63) is 95.1 Å². The summed E-state index contributed by atoms with van der Waals surface area (Å²) in [5.74, 6) is -0.431. The van der Waals surface area contributed by atoms with Crippen molar-refractivity contribution in [2.45, 2.75) is 11.4 Å². The number of methoxy groups -OCH3 is 1. The van der Waals surface area contributed by atoms with E-state index in [1.807, 2.05) is 0 Å². The minimum absolute atomic E-state index is 0.0335. The monoisotopic (exact) mass is 466 g/mol. The highest BCUT2D eigenvalue weighted by Crippen LogP contribution is 2.55. The van der Waals surface area contributed by atoms with Gasteiger partial charge in [-0.3, -0.25) is 9.59 Å². The molecule has 0 aliphatic carbocycles. The molecule has 2 heterocycles. The third-order valence-corrected chi connectivity index (χ3v) is 7.44. The predicted molar refractivity (Wildman–Crippen MR) is 122 cm³/mol. The van der Waals surface area contributed by atoms with E-state index in [1.54, 1.807) is 36.4 Å². The Morgan fingerprint density at radius 3 is 2.58 bits per heavy atom. The van der Waals surface area contributed by atoms with Crippen LogP contribution in [0.3, 0.4) is 0 Å². The summed E-state index contributed by atoms with van der Waals surface area (Å²) in [5, 5.41) is 0. The number of rotatable bonds is 4. The van der Waals surface area contributed by atoms with Gasteiger partial charge in [-0.15, -0.1) is 11.8 Å². The number of amides is 2. The molecule has 2 aliphatic rings. The first-order valence-corrected chi connectivity index (χ1v) is 11.4. The minimum atomic E-state index is -1.30. The summed E-state index contributed by atoms with van der Waals surface area (Å²) in [5.41, 5.74) is 1.91. The summed E-state index contributed by atoms with van der Waals surface area (Å²) in [4.78, 5) is 29.2. The van der Waals surface area contributed by atoms with Crippen molar-refractivity contribution in [1.29, 1.82) is 0 Å². The number of benzene rings is 3. The third-order valence-electron chi connectivity index (χ3n) is 6.02. The van der Waals surface area contributed by atoms with Crippen molar-refractivity contribution >= 4 is 29.3 Å². The molecular weight excluding hydrogens is 446 g/mol. The van der Waals surface area contributed by atoms with E-state index in [4.69, 9.17) is 4.74 Å². The number of anilines is 1. The molecule has 3 aromatic carbocycles. The molecule has 8 heteroatoms. The van der Waals surface area contributed by atoms with Crippen LogP contribution in [-0.2, 0) is 16.2 Å². The van der Waals surface area contributed by atoms with Crippen LogP contribution in [0.25, 0.3) is 0 Å². The number of hydrogen-bond donors (Lipinski definition) is 0. The molecule has 0 N–H and O–H groups in total. The van der Waals surface area contributed by atoms with E-state index in [-0.39, 0.29) is 18.4 Å². The van der Waals surface area contributed by atoms with Crippen molar-refractivity contribution in [2.75, 3.05) is 24.3 Å². The van der Waals surface area contributed by atoms with Crippen LogP contribution >= 0.6 is 11.8 Å². The number of hydrogen-bond acceptors (Lipinski definition) is 4. The Balaban J connectivity index is 1.62. The van der Waals surface area contributed by atoms with Gasteiger partial charge in [0.25, 0.3) is 11.8 Å². The molecule has 0 unspecified atom stereocenters. The lowest BCUT2D eigenvalue weighted by Crippen LogP contribution is -2.50. The van der Waals surface area contributed by atoms with Gasteiger partial charge in [0, 0.05) is 29.0 Å². The molecule has 1 fully saturated rings. The van der Waals surface area contributed by atoms with Crippen LogP contribution in [-0.4, -0.2) is 36.1 Å². The lowest BCUT2D eigenvalue weighted by molar-refractivity contribution is -0.123. The summed E-state index contributed by atoms with van der Waals surface area (Å²) in [6, 6.07) is 16.9. The Morgan fingerprint density at radius 1 is 1.09 bits per heavy atom. The lowest BCUT2D eigenvalue weighted by atomic mass is 10.0. The molecule has 168 valence electrons. The molecular formula is C25H20F2N2O3S. The van der Waals surface area contributed by atoms with Gasteiger partial charge in [-0.1, -0.05) is 18.2 Å². The zero-order valence-corrected chi connectivity index (χ0v) is 18.6. The third kappa shape index (κ3) is 3.36. The topological polar surface area (TPSA) is 49.9 Å². The highest BCUT2D eigenvalue weighted by atomic mass is 32.2. The van der Waals surface area contributed by atoms with Gasteiger partial charge in [0.05, 0.1) is 19.3 Å². The van der Waals surface area contributed by atoms with Crippen LogP contribution in [0.2, 0.25) is 0 Å². The Bertz CT molecular complexity index is 1250. The quantitative estimate of drug-likeness (QED) is 0.566. The van der Waals surface area contributed by atoms with Crippen LogP contribution in [0, 0.1) is 11.6 Å². The fourth-order valence-corrected chi connectivity index (χ4v) is 5.88. The molecule has 2 aliphatic heterocycles. The summed E-state index contributed by atoms with van der Waals surface area (Å²) in [6.07, 6.45) is 0. The largest absolute Gasteiger partial charge is 0.497 e. The molecule has 5 nitrogen and oxygen atoms in total. The van der Waals surface area contributed by atoms with E-state index in [0.717, 1.165) is 0 Å². The predicted octanol–water partition coefficient (Wildman–Crippen LogP) is 4.56. The molecule has 0 radical (unpaired) electrons. The fourth-order valence-electron chi connectivity index (χ4n) is 4.42. The van der Waals surface area contributed by atoms with E-state index in [0.29, 0.717) is 40.4 Å². The molecule has 1 saturated heterocycles. The molecule has 1 atom stereocenters. The van der Waals surface area contributed by atoms with Crippen LogP contribution in [0.4, 0.5) is 14.5 Å². The van der Waals surface area contributed by atoms with Crippen molar-refractivity contribution in [3.63, 3.8) is 0 Å². The number of nitrogens with zero attached hydrogens (tertiary/aromatic N) is 2. The first-order chi connectivity index (χ1) is 16.0. The van der Waals surface area contributed by atoms with Crippen molar-refractivity contribution in [1.82, 2.24) is 4.90 Å². The number of ether oxygens (including phenoxy) is 1. The first-order valence-electron chi connectivity index (χ1n) is 10.4. The SMILES string of the molecule is COc1ccc2c(c1)[C@]1(SCCN1C(=O)c1ccc(F)cc1)C(=O)N2Cc1ccccc1F. The molecule has 1 spiro atoms. The van der Waals surface area contributed by atoms with Gasteiger partial charge < -0.3 is 14.5 Å². The Labute approximate surface area is 193 Å². The zero-order chi connectivity index (χ0) is 23.2. The number of fused-ring (bicyclic) bond motifs is 2. The second-order valence-electron chi connectivity index (χ2n) is 7.82. The van der Waals surface area contributed by atoms with Crippen molar-refractivity contribution in [3.8, 4) is 5.75 Å². The van der Waals surface area contributed by atoms with Gasteiger partial charge in [-0.25, -0.2) is 8.78 Å². The maximum atomic E-state index is 14.4. The van der Waals surface area contributed by atoms with Gasteiger partial charge >= 0.3 is 0 Å². The van der Waals surface area contributed by atoms with E-state index in [9.17, 15) is 18.4 Å².